The predicted molar refractivity (Wildman–Crippen MR) is 79.7 cm³/mol. The first-order valence-corrected chi connectivity index (χ1v) is 6.87. The van der Waals surface area contributed by atoms with E-state index >= 15 is 0 Å². The fourth-order valence-electron chi connectivity index (χ4n) is 2.98. The van der Waals surface area contributed by atoms with Crippen LogP contribution in [0.4, 0.5) is 4.39 Å². The fourth-order valence-corrected chi connectivity index (χ4v) is 2.98. The van der Waals surface area contributed by atoms with E-state index in [1.54, 1.807) is 29.0 Å². The lowest BCUT2D eigenvalue weighted by Crippen LogP contribution is -2.23. The number of para-hydroxylation sites is 1. The van der Waals surface area contributed by atoms with Crippen LogP contribution in [0, 0.1) is 5.82 Å². The Kier molecular flexibility index (Phi) is 2.65. The fraction of sp³-hybridized carbons (Fsp3) is 0.118. The summed E-state index contributed by atoms with van der Waals surface area (Å²) in [6.45, 7) is 0.930. The molecule has 1 aliphatic heterocycles. The van der Waals surface area contributed by atoms with Crippen LogP contribution in [0.5, 0.6) is 0 Å². The lowest BCUT2D eigenvalue weighted by Gasteiger charge is -2.03. The van der Waals surface area contributed by atoms with Gasteiger partial charge in [-0.2, -0.15) is 0 Å². The van der Waals surface area contributed by atoms with Gasteiger partial charge in [-0.1, -0.05) is 36.4 Å². The maximum Gasteiger partial charge on any atom is 0.245 e. The Morgan fingerprint density at radius 1 is 1.00 bits per heavy atom. The second-order valence-corrected chi connectivity index (χ2v) is 5.20. The number of nitrogens with zero attached hydrogens (tertiary/aromatic N) is 1. The number of rotatable bonds is 1. The molecule has 4 heteroatoms. The molecule has 4 rings (SSSR count). The van der Waals surface area contributed by atoms with Gasteiger partial charge in [0.1, 0.15) is 5.82 Å². The quantitative estimate of drug-likeness (QED) is 0.742. The van der Waals surface area contributed by atoms with Crippen molar-refractivity contribution < 1.29 is 9.18 Å². The molecule has 104 valence electrons. The minimum Gasteiger partial charge on any atom is -0.304 e. The second-order valence-electron chi connectivity index (χ2n) is 5.20. The van der Waals surface area contributed by atoms with E-state index in [1.807, 2.05) is 18.2 Å². The Morgan fingerprint density at radius 3 is 2.71 bits per heavy atom. The summed E-state index contributed by atoms with van der Waals surface area (Å²) in [6.07, 6.45) is 1.75. The summed E-state index contributed by atoms with van der Waals surface area (Å²) < 4.78 is 15.7. The number of nitrogens with one attached hydrogen (secondary N) is 1. The first kappa shape index (κ1) is 12.3. The Hall–Kier alpha value is -2.46. The van der Waals surface area contributed by atoms with Crippen LogP contribution in [0.2, 0.25) is 0 Å². The van der Waals surface area contributed by atoms with E-state index in [1.165, 1.54) is 6.07 Å². The van der Waals surface area contributed by atoms with Crippen molar-refractivity contribution in [2.45, 2.75) is 6.54 Å². The van der Waals surface area contributed by atoms with Gasteiger partial charge in [-0.05, 0) is 11.6 Å². The van der Waals surface area contributed by atoms with Crippen LogP contribution in [0.25, 0.3) is 22.0 Å². The molecular weight excluding hydrogens is 267 g/mol. The highest BCUT2D eigenvalue weighted by Gasteiger charge is 2.20. The molecule has 0 bridgehead atoms. The van der Waals surface area contributed by atoms with Gasteiger partial charge in [0, 0.05) is 29.3 Å². The Labute approximate surface area is 121 Å². The van der Waals surface area contributed by atoms with Crippen molar-refractivity contribution in [2.75, 3.05) is 6.54 Å². The maximum absolute atomic E-state index is 14.1. The van der Waals surface area contributed by atoms with E-state index in [4.69, 9.17) is 0 Å². The van der Waals surface area contributed by atoms with E-state index in [9.17, 15) is 9.18 Å². The number of aromatic nitrogens is 1. The zero-order chi connectivity index (χ0) is 14.4. The van der Waals surface area contributed by atoms with Crippen LogP contribution in [-0.4, -0.2) is 17.0 Å². The van der Waals surface area contributed by atoms with Gasteiger partial charge in [-0.3, -0.25) is 9.36 Å². The molecule has 2 heterocycles. The van der Waals surface area contributed by atoms with E-state index < -0.39 is 0 Å². The van der Waals surface area contributed by atoms with Gasteiger partial charge < -0.3 is 5.32 Å². The van der Waals surface area contributed by atoms with Crippen molar-refractivity contribution in [1.82, 2.24) is 9.88 Å². The molecule has 1 aromatic heterocycles. The molecule has 1 aliphatic rings. The Morgan fingerprint density at radius 2 is 1.86 bits per heavy atom. The van der Waals surface area contributed by atoms with Crippen LogP contribution in [0.15, 0.2) is 48.7 Å². The summed E-state index contributed by atoms with van der Waals surface area (Å²) in [4.78, 5) is 12.2. The smallest absolute Gasteiger partial charge is 0.245 e. The monoisotopic (exact) mass is 280 g/mol. The van der Waals surface area contributed by atoms with Crippen LogP contribution in [-0.2, 0) is 6.54 Å². The third-order valence-corrected chi connectivity index (χ3v) is 3.93. The zero-order valence-electron chi connectivity index (χ0n) is 11.3. The minimum atomic E-state index is -0.274. The minimum absolute atomic E-state index is 0.0208. The van der Waals surface area contributed by atoms with Gasteiger partial charge in [-0.25, -0.2) is 4.39 Å². The molecule has 0 atom stereocenters. The first-order valence-electron chi connectivity index (χ1n) is 6.87. The molecule has 0 saturated heterocycles. The summed E-state index contributed by atoms with van der Waals surface area (Å²) in [5.74, 6) is -0.294. The molecule has 21 heavy (non-hydrogen) atoms. The van der Waals surface area contributed by atoms with Crippen LogP contribution >= 0.6 is 0 Å². The highest BCUT2D eigenvalue weighted by atomic mass is 19.1. The Bertz CT molecular complexity index is 866. The van der Waals surface area contributed by atoms with Gasteiger partial charge in [0.15, 0.2) is 0 Å². The third-order valence-electron chi connectivity index (χ3n) is 3.93. The van der Waals surface area contributed by atoms with Gasteiger partial charge in [0.25, 0.3) is 0 Å². The number of carbonyl (C=O) groups excluding carboxylic acids is 1. The standard InChI is InChI=1S/C17H13FN2O/c18-15-7-2-1-5-12(15)14-10-20-16(21)9-19-8-11-4-3-6-13(14)17(11)20/h1-7,10,19H,8-9H2. The first-order chi connectivity index (χ1) is 10.3. The molecule has 3 aromatic rings. The molecular formula is C17H13FN2O. The predicted octanol–water partition coefficient (Wildman–Crippen LogP) is 3.19. The zero-order valence-corrected chi connectivity index (χ0v) is 11.3. The normalized spacial score (nSPS) is 14.4. The number of hydrogen-bond acceptors (Lipinski definition) is 2. The largest absolute Gasteiger partial charge is 0.304 e. The van der Waals surface area contributed by atoms with E-state index in [-0.39, 0.29) is 18.3 Å². The van der Waals surface area contributed by atoms with Crippen molar-refractivity contribution in [3.8, 4) is 11.1 Å². The van der Waals surface area contributed by atoms with Crippen molar-refractivity contribution in [3.63, 3.8) is 0 Å². The molecule has 0 unspecified atom stereocenters. The molecule has 2 aromatic carbocycles. The topological polar surface area (TPSA) is 34.0 Å². The van der Waals surface area contributed by atoms with Gasteiger partial charge in [0.2, 0.25) is 5.91 Å². The molecule has 0 amide bonds. The Balaban J connectivity index is 2.09. The molecule has 1 N–H and O–H groups in total. The summed E-state index contributed by atoms with van der Waals surface area (Å²) in [5.41, 5.74) is 3.23. The summed E-state index contributed by atoms with van der Waals surface area (Å²) in [7, 11) is 0. The molecule has 0 fully saturated rings. The van der Waals surface area contributed by atoms with Gasteiger partial charge >= 0.3 is 0 Å². The lowest BCUT2D eigenvalue weighted by atomic mass is 10.0. The van der Waals surface area contributed by atoms with Crippen LogP contribution < -0.4 is 5.32 Å². The molecule has 0 radical (unpaired) electrons. The number of halogens is 1. The molecule has 0 spiro atoms. The summed E-state index contributed by atoms with van der Waals surface area (Å²) in [6, 6.07) is 12.5. The van der Waals surface area contributed by atoms with Gasteiger partial charge in [-0.15, -0.1) is 0 Å². The van der Waals surface area contributed by atoms with Crippen molar-refractivity contribution in [1.29, 1.82) is 0 Å². The van der Waals surface area contributed by atoms with Crippen molar-refractivity contribution in [2.24, 2.45) is 0 Å². The average molecular weight is 280 g/mol. The number of hydrogen-bond donors (Lipinski definition) is 1. The highest BCUT2D eigenvalue weighted by Crippen LogP contribution is 2.34. The molecule has 0 saturated carbocycles. The molecule has 3 nitrogen and oxygen atoms in total. The lowest BCUT2D eigenvalue weighted by molar-refractivity contribution is 0.0920. The third kappa shape index (κ3) is 1.80. The maximum atomic E-state index is 14.1. The average Bonchev–Trinajstić information content (AvgIpc) is 2.80. The van der Waals surface area contributed by atoms with Crippen LogP contribution in [0.3, 0.4) is 0 Å². The van der Waals surface area contributed by atoms with Crippen LogP contribution in [0.1, 0.15) is 10.4 Å². The van der Waals surface area contributed by atoms with Crippen molar-refractivity contribution in [3.05, 3.63) is 60.0 Å². The van der Waals surface area contributed by atoms with Gasteiger partial charge in [0.05, 0.1) is 12.1 Å². The highest BCUT2D eigenvalue weighted by molar-refractivity contribution is 6.04. The van der Waals surface area contributed by atoms with E-state index in [0.717, 1.165) is 22.0 Å². The summed E-state index contributed by atoms with van der Waals surface area (Å²) in [5, 5.41) is 4.03. The number of carbonyl (C=O) groups is 1. The van der Waals surface area contributed by atoms with Crippen molar-refractivity contribution >= 4 is 16.8 Å². The van der Waals surface area contributed by atoms with E-state index in [0.29, 0.717) is 12.1 Å². The number of benzene rings is 2. The molecule has 0 aliphatic carbocycles. The van der Waals surface area contributed by atoms with E-state index in [2.05, 4.69) is 5.32 Å². The second kappa shape index (κ2) is 4.53. The summed E-state index contributed by atoms with van der Waals surface area (Å²) >= 11 is 0. The SMILES string of the molecule is O=C1CNCc2cccc3c(-c4ccccc4F)cn1c23.